The number of cyclic esters (lactones) is 1. The van der Waals surface area contributed by atoms with Crippen molar-refractivity contribution in [3.05, 3.63) is 23.8 Å². The van der Waals surface area contributed by atoms with Crippen LogP contribution in [0.5, 0.6) is 0 Å². The minimum atomic E-state index is -3.70. The molecular weight excluding hydrogens is 475 g/mol. The molecule has 9 nitrogen and oxygen atoms in total. The monoisotopic (exact) mass is 512 g/mol. The van der Waals surface area contributed by atoms with E-state index < -0.39 is 43.5 Å². The maximum atomic E-state index is 13.1. The molecule has 196 valence electrons. The smallest absolute Gasteiger partial charge is 0.344 e. The van der Waals surface area contributed by atoms with E-state index in [0.29, 0.717) is 12.8 Å². The van der Waals surface area contributed by atoms with Crippen LogP contribution in [-0.2, 0) is 37.5 Å². The largest absolute Gasteiger partial charge is 0.462 e. The van der Waals surface area contributed by atoms with E-state index >= 15 is 0 Å². The molecule has 0 spiro atoms. The second kappa shape index (κ2) is 12.0. The first-order chi connectivity index (χ1) is 16.6. The number of hydrogen-bond donors (Lipinski definition) is 1. The molecule has 0 amide bonds. The fraction of sp³-hybridized carbons (Fsp3) is 0.720. The Hall–Kier alpha value is -1.80. The van der Waals surface area contributed by atoms with Crippen LogP contribution in [0.3, 0.4) is 0 Å². The van der Waals surface area contributed by atoms with Crippen molar-refractivity contribution in [2.45, 2.75) is 83.8 Å². The zero-order valence-electron chi connectivity index (χ0n) is 20.9. The van der Waals surface area contributed by atoms with Gasteiger partial charge in [-0.3, -0.25) is 18.9 Å². The number of carbonyl (C=O) groups is 3. The summed E-state index contributed by atoms with van der Waals surface area (Å²) in [6, 6.07) is 0. The molecule has 2 aliphatic carbocycles. The van der Waals surface area contributed by atoms with Gasteiger partial charge in [-0.1, -0.05) is 25.2 Å². The van der Waals surface area contributed by atoms with Crippen LogP contribution < -0.4 is 0 Å². The van der Waals surface area contributed by atoms with Crippen molar-refractivity contribution < 1.29 is 42.6 Å². The average molecular weight is 513 g/mol. The lowest BCUT2D eigenvalue weighted by Gasteiger charge is -2.43. The molecule has 1 aliphatic heterocycles. The Morgan fingerprint density at radius 2 is 1.91 bits per heavy atom. The molecule has 1 N–H and O–H groups in total. The van der Waals surface area contributed by atoms with Crippen molar-refractivity contribution >= 4 is 25.3 Å². The summed E-state index contributed by atoms with van der Waals surface area (Å²) in [5.74, 6) is -1.31. The standard InChI is InChI=1S/C25H37O9P/c1-5-31-35(30,32-6-2)16(4)25(29)34-22-13-18(26)11-17-8-7-15(3)21(24(17)22)10-9-20-12-19(27)14-23(28)33-20/h7-8,11,15-16,18,20-22,24,26H,5-6,9-10,12-14H2,1-4H3/t15-,16?,18+,20+,21-,22-,24?/m0/s1. The summed E-state index contributed by atoms with van der Waals surface area (Å²) in [7, 11) is -3.70. The first-order valence-electron chi connectivity index (χ1n) is 12.5. The highest BCUT2D eigenvalue weighted by Crippen LogP contribution is 2.54. The SMILES string of the molecule is CCOP(=O)(OCC)C(C)C(=O)O[C@H]1C[C@H](O)C=C2C=C[C@H](C)[C@H](CC[C@@H]3CC(=O)CC(=O)O3)C21. The zero-order valence-corrected chi connectivity index (χ0v) is 21.8. The predicted octanol–water partition coefficient (Wildman–Crippen LogP) is 3.74. The number of ketones is 1. The highest BCUT2D eigenvalue weighted by atomic mass is 31.2. The fourth-order valence-electron chi connectivity index (χ4n) is 5.28. The van der Waals surface area contributed by atoms with Gasteiger partial charge in [0.15, 0.2) is 5.66 Å². The molecule has 7 atom stereocenters. The summed E-state index contributed by atoms with van der Waals surface area (Å²) < 4.78 is 35.0. The number of aliphatic hydroxyl groups is 1. The summed E-state index contributed by atoms with van der Waals surface area (Å²) in [4.78, 5) is 36.6. The number of fused-ring (bicyclic) bond motifs is 1. The maximum Gasteiger partial charge on any atom is 0.344 e. The normalized spacial score (nSPS) is 31.9. The third kappa shape index (κ3) is 6.70. The summed E-state index contributed by atoms with van der Waals surface area (Å²) in [6.45, 7) is 7.16. The predicted molar refractivity (Wildman–Crippen MR) is 128 cm³/mol. The highest BCUT2D eigenvalue weighted by Gasteiger charge is 2.45. The van der Waals surface area contributed by atoms with E-state index in [2.05, 4.69) is 13.0 Å². The van der Waals surface area contributed by atoms with E-state index in [1.165, 1.54) is 6.92 Å². The maximum absolute atomic E-state index is 13.1. The van der Waals surface area contributed by atoms with Crippen molar-refractivity contribution in [1.29, 1.82) is 0 Å². The van der Waals surface area contributed by atoms with Gasteiger partial charge in [0.05, 0.1) is 19.3 Å². The fourth-order valence-corrected chi connectivity index (χ4v) is 6.84. The van der Waals surface area contributed by atoms with Gasteiger partial charge in [-0.05, 0) is 51.0 Å². The Morgan fingerprint density at radius 3 is 2.54 bits per heavy atom. The average Bonchev–Trinajstić information content (AvgIpc) is 2.77. The van der Waals surface area contributed by atoms with Crippen molar-refractivity contribution in [3.63, 3.8) is 0 Å². The van der Waals surface area contributed by atoms with Crippen LogP contribution in [0.25, 0.3) is 0 Å². The summed E-state index contributed by atoms with van der Waals surface area (Å²) in [5, 5.41) is 10.4. The number of ether oxygens (including phenoxy) is 2. The molecule has 1 saturated heterocycles. The number of carbonyl (C=O) groups excluding carboxylic acids is 3. The van der Waals surface area contributed by atoms with Gasteiger partial charge in [-0.2, -0.15) is 0 Å². The van der Waals surface area contributed by atoms with Gasteiger partial charge in [-0.15, -0.1) is 0 Å². The zero-order chi connectivity index (χ0) is 25.8. The number of hydrogen-bond acceptors (Lipinski definition) is 9. The van der Waals surface area contributed by atoms with Gasteiger partial charge in [0, 0.05) is 18.8 Å². The lowest BCUT2D eigenvalue weighted by atomic mass is 9.66. The van der Waals surface area contributed by atoms with E-state index in [1.807, 2.05) is 6.08 Å². The summed E-state index contributed by atoms with van der Waals surface area (Å²) >= 11 is 0. The Bertz CT molecular complexity index is 885. The molecule has 10 heteroatoms. The Balaban J connectivity index is 1.77. The van der Waals surface area contributed by atoms with Crippen LogP contribution >= 0.6 is 7.60 Å². The molecule has 0 bridgehead atoms. The number of aliphatic hydroxyl groups excluding tert-OH is 1. The van der Waals surface area contributed by atoms with Gasteiger partial charge < -0.3 is 23.6 Å². The van der Waals surface area contributed by atoms with Crippen LogP contribution in [0.15, 0.2) is 23.8 Å². The van der Waals surface area contributed by atoms with E-state index in [4.69, 9.17) is 18.5 Å². The van der Waals surface area contributed by atoms with Crippen LogP contribution in [0, 0.1) is 17.8 Å². The van der Waals surface area contributed by atoms with Gasteiger partial charge in [0.2, 0.25) is 0 Å². The topological polar surface area (TPSA) is 125 Å². The molecule has 1 heterocycles. The molecular formula is C25H37O9P. The highest BCUT2D eigenvalue weighted by molar-refractivity contribution is 7.55. The summed E-state index contributed by atoms with van der Waals surface area (Å²) in [6.07, 6.45) is 5.36. The molecule has 0 aromatic carbocycles. The van der Waals surface area contributed by atoms with Crippen molar-refractivity contribution in [2.75, 3.05) is 13.2 Å². The first kappa shape index (κ1) is 27.8. The quantitative estimate of drug-likeness (QED) is 0.265. The third-order valence-electron chi connectivity index (χ3n) is 6.99. The number of esters is 2. The van der Waals surface area contributed by atoms with Crippen LogP contribution in [0.4, 0.5) is 0 Å². The van der Waals surface area contributed by atoms with Gasteiger partial charge in [-0.25, -0.2) is 0 Å². The van der Waals surface area contributed by atoms with Gasteiger partial charge >= 0.3 is 19.5 Å². The molecule has 0 saturated carbocycles. The molecule has 3 aliphatic rings. The number of rotatable bonds is 10. The lowest BCUT2D eigenvalue weighted by molar-refractivity contribution is -0.159. The van der Waals surface area contributed by atoms with Crippen molar-refractivity contribution in [3.8, 4) is 0 Å². The second-order valence-electron chi connectivity index (χ2n) is 9.51. The van der Waals surface area contributed by atoms with E-state index in [1.54, 1.807) is 19.9 Å². The Labute approximate surface area is 206 Å². The molecule has 0 aromatic rings. The molecule has 35 heavy (non-hydrogen) atoms. The van der Waals surface area contributed by atoms with Gasteiger partial charge in [0.25, 0.3) is 0 Å². The Kier molecular flexibility index (Phi) is 9.49. The summed E-state index contributed by atoms with van der Waals surface area (Å²) in [5.41, 5.74) is -0.233. The molecule has 3 rings (SSSR count). The third-order valence-corrected chi connectivity index (χ3v) is 9.39. The van der Waals surface area contributed by atoms with Crippen LogP contribution in [0.1, 0.15) is 59.8 Å². The molecule has 1 fully saturated rings. The first-order valence-corrected chi connectivity index (χ1v) is 14.1. The lowest BCUT2D eigenvalue weighted by Crippen LogP contribution is -2.43. The number of Topliss-reactive ketones (excluding diaryl/α,β-unsaturated/α-hetero) is 1. The van der Waals surface area contributed by atoms with Crippen LogP contribution in [0.2, 0.25) is 0 Å². The number of allylic oxidation sites excluding steroid dienone is 2. The van der Waals surface area contributed by atoms with Gasteiger partial charge in [0.1, 0.15) is 24.4 Å². The minimum Gasteiger partial charge on any atom is -0.462 e. The Morgan fingerprint density at radius 1 is 1.23 bits per heavy atom. The van der Waals surface area contributed by atoms with Crippen molar-refractivity contribution in [1.82, 2.24) is 0 Å². The van der Waals surface area contributed by atoms with E-state index in [0.717, 1.165) is 5.57 Å². The molecule has 0 aromatic heterocycles. The van der Waals surface area contributed by atoms with E-state index in [-0.39, 0.29) is 56.0 Å². The molecule has 0 radical (unpaired) electrons. The minimum absolute atomic E-state index is 0.0353. The van der Waals surface area contributed by atoms with Crippen LogP contribution in [-0.4, -0.2) is 60.0 Å². The van der Waals surface area contributed by atoms with E-state index in [9.17, 15) is 24.1 Å². The second-order valence-corrected chi connectivity index (χ2v) is 11.9. The van der Waals surface area contributed by atoms with Crippen molar-refractivity contribution in [2.24, 2.45) is 17.8 Å². The molecule has 2 unspecified atom stereocenters.